The van der Waals surface area contributed by atoms with Crippen molar-refractivity contribution in [1.29, 1.82) is 0 Å². The molecule has 0 N–H and O–H groups in total. The third-order valence-electron chi connectivity index (χ3n) is 8.70. The molecular weight excluding hydrogens is 640 g/mol. The van der Waals surface area contributed by atoms with Gasteiger partial charge in [0.2, 0.25) is 5.91 Å². The zero-order valence-electron chi connectivity index (χ0n) is 31.0. The fraction of sp³-hybridized carbons (Fsp3) is 0.452. The molecule has 51 heavy (non-hydrogen) atoms. The van der Waals surface area contributed by atoms with E-state index in [9.17, 15) is 14.4 Å². The molecule has 9 nitrogen and oxygen atoms in total. The standard InChI is InChI=1S/C42H52N4O5/c1-41(2,3)50-39(48)30-44-23-21-43(22-24-45(26-25-44)31-40(49)51-42(4,5)6)28-33-17-15-32(16-18-33)27-38(47)46-29-36-13-8-7-11-34(36)19-20-35-12-9-10-14-37(35)46/h7-18H,21-31H2,1-6H3. The van der Waals surface area contributed by atoms with Crippen LogP contribution in [0.25, 0.3) is 0 Å². The van der Waals surface area contributed by atoms with Gasteiger partial charge in [0.1, 0.15) is 11.2 Å². The van der Waals surface area contributed by atoms with E-state index in [1.165, 1.54) is 0 Å². The maximum absolute atomic E-state index is 13.9. The van der Waals surface area contributed by atoms with E-state index in [4.69, 9.17) is 9.47 Å². The van der Waals surface area contributed by atoms with Crippen molar-refractivity contribution >= 4 is 23.5 Å². The number of esters is 2. The van der Waals surface area contributed by atoms with Crippen molar-refractivity contribution in [3.63, 3.8) is 0 Å². The highest BCUT2D eigenvalue weighted by molar-refractivity contribution is 5.96. The van der Waals surface area contributed by atoms with Crippen molar-refractivity contribution < 1.29 is 23.9 Å². The van der Waals surface area contributed by atoms with Crippen molar-refractivity contribution in [2.75, 3.05) is 57.3 Å². The zero-order chi connectivity index (χ0) is 36.6. The van der Waals surface area contributed by atoms with Gasteiger partial charge in [0, 0.05) is 56.9 Å². The van der Waals surface area contributed by atoms with Gasteiger partial charge in [0.15, 0.2) is 0 Å². The zero-order valence-corrected chi connectivity index (χ0v) is 31.0. The molecule has 2 aliphatic heterocycles. The van der Waals surface area contributed by atoms with Gasteiger partial charge in [-0.15, -0.1) is 0 Å². The molecule has 2 aliphatic rings. The molecule has 0 aromatic heterocycles. The molecule has 0 atom stereocenters. The lowest BCUT2D eigenvalue weighted by molar-refractivity contribution is -0.158. The lowest BCUT2D eigenvalue weighted by Gasteiger charge is -2.27. The Kier molecular flexibility index (Phi) is 12.4. The fourth-order valence-electron chi connectivity index (χ4n) is 6.27. The molecule has 0 aliphatic carbocycles. The summed E-state index contributed by atoms with van der Waals surface area (Å²) in [4.78, 5) is 47.8. The quantitative estimate of drug-likeness (QED) is 0.233. The number of anilines is 1. The van der Waals surface area contributed by atoms with Gasteiger partial charge in [-0.3, -0.25) is 29.1 Å². The maximum Gasteiger partial charge on any atom is 0.320 e. The van der Waals surface area contributed by atoms with Crippen molar-refractivity contribution in [3.05, 3.63) is 101 Å². The van der Waals surface area contributed by atoms with Crippen LogP contribution in [-0.4, -0.2) is 96.1 Å². The Balaban J connectivity index is 1.26. The van der Waals surface area contributed by atoms with E-state index in [0.717, 1.165) is 46.6 Å². The predicted octanol–water partition coefficient (Wildman–Crippen LogP) is 5.28. The van der Waals surface area contributed by atoms with Crippen molar-refractivity contribution in [3.8, 4) is 11.8 Å². The number of ether oxygens (including phenoxy) is 2. The van der Waals surface area contributed by atoms with Crippen LogP contribution in [0.4, 0.5) is 5.69 Å². The summed E-state index contributed by atoms with van der Waals surface area (Å²) in [5, 5.41) is 0. The monoisotopic (exact) mass is 692 g/mol. The normalized spacial score (nSPS) is 16.2. The Labute approximate surface area is 303 Å². The smallest absolute Gasteiger partial charge is 0.320 e. The summed E-state index contributed by atoms with van der Waals surface area (Å²) in [6, 6.07) is 24.1. The summed E-state index contributed by atoms with van der Waals surface area (Å²) < 4.78 is 11.2. The fourth-order valence-corrected chi connectivity index (χ4v) is 6.27. The summed E-state index contributed by atoms with van der Waals surface area (Å²) in [5.74, 6) is 6.05. The maximum atomic E-state index is 13.9. The molecular formula is C42H52N4O5. The van der Waals surface area contributed by atoms with E-state index in [0.29, 0.717) is 39.3 Å². The first kappa shape index (κ1) is 37.8. The first-order valence-electron chi connectivity index (χ1n) is 17.9. The number of fused-ring (bicyclic) bond motifs is 2. The molecule has 3 aromatic carbocycles. The summed E-state index contributed by atoms with van der Waals surface area (Å²) in [6.45, 7) is 16.9. The topological polar surface area (TPSA) is 82.6 Å². The largest absolute Gasteiger partial charge is 0.459 e. The molecule has 5 rings (SSSR count). The molecule has 1 saturated heterocycles. The highest BCUT2D eigenvalue weighted by Gasteiger charge is 2.25. The number of para-hydroxylation sites is 1. The van der Waals surface area contributed by atoms with E-state index >= 15 is 0 Å². The number of nitrogens with zero attached hydrogens (tertiary/aromatic N) is 4. The van der Waals surface area contributed by atoms with Crippen LogP contribution >= 0.6 is 0 Å². The number of hydrogen-bond donors (Lipinski definition) is 0. The van der Waals surface area contributed by atoms with Crippen LogP contribution < -0.4 is 4.90 Å². The molecule has 3 aromatic rings. The molecule has 0 radical (unpaired) electrons. The average molecular weight is 693 g/mol. The van der Waals surface area contributed by atoms with Crippen molar-refractivity contribution in [1.82, 2.24) is 14.7 Å². The molecule has 0 spiro atoms. The van der Waals surface area contributed by atoms with Gasteiger partial charge in [0.25, 0.3) is 0 Å². The van der Waals surface area contributed by atoms with E-state index < -0.39 is 11.2 Å². The SMILES string of the molecule is CC(C)(C)OC(=O)CN1CCN(CC(=O)OC(C)(C)C)CCN(Cc2ccc(CC(=O)N3Cc4ccccc4C#Cc4ccccc43)cc2)CC1. The molecule has 0 saturated carbocycles. The molecule has 1 amide bonds. The van der Waals surface area contributed by atoms with Gasteiger partial charge in [0.05, 0.1) is 31.7 Å². The van der Waals surface area contributed by atoms with Crippen LogP contribution in [0.2, 0.25) is 0 Å². The molecule has 9 heteroatoms. The van der Waals surface area contributed by atoms with Gasteiger partial charge in [-0.1, -0.05) is 66.4 Å². The highest BCUT2D eigenvalue weighted by Crippen LogP contribution is 2.26. The third-order valence-corrected chi connectivity index (χ3v) is 8.70. The Hall–Kier alpha value is -4.49. The predicted molar refractivity (Wildman–Crippen MR) is 200 cm³/mol. The minimum absolute atomic E-state index is 0.0175. The first-order chi connectivity index (χ1) is 24.2. The van der Waals surface area contributed by atoms with E-state index in [2.05, 4.69) is 38.7 Å². The number of benzene rings is 3. The number of amides is 1. The van der Waals surface area contributed by atoms with E-state index in [-0.39, 0.29) is 37.4 Å². The van der Waals surface area contributed by atoms with Crippen LogP contribution in [-0.2, 0) is 43.4 Å². The summed E-state index contributed by atoms with van der Waals surface area (Å²) in [5.41, 5.74) is 4.60. The lowest BCUT2D eigenvalue weighted by atomic mass is 10.0. The van der Waals surface area contributed by atoms with E-state index in [1.54, 1.807) is 0 Å². The van der Waals surface area contributed by atoms with Crippen LogP contribution in [0.5, 0.6) is 0 Å². The number of rotatable bonds is 8. The number of carbonyl (C=O) groups is 3. The lowest BCUT2D eigenvalue weighted by Crippen LogP contribution is -2.42. The number of carbonyl (C=O) groups excluding carboxylic acids is 3. The summed E-state index contributed by atoms with van der Waals surface area (Å²) in [6.07, 6.45) is 0.271. The van der Waals surface area contributed by atoms with Crippen molar-refractivity contribution in [2.24, 2.45) is 0 Å². The van der Waals surface area contributed by atoms with E-state index in [1.807, 2.05) is 107 Å². The Morgan fingerprint density at radius 1 is 0.608 bits per heavy atom. The van der Waals surface area contributed by atoms with Crippen LogP contribution in [0.15, 0.2) is 72.8 Å². The third kappa shape index (κ3) is 11.8. The Morgan fingerprint density at radius 2 is 1.08 bits per heavy atom. The second-order valence-electron chi connectivity index (χ2n) is 15.4. The van der Waals surface area contributed by atoms with Gasteiger partial charge in [-0.25, -0.2) is 0 Å². The van der Waals surface area contributed by atoms with Gasteiger partial charge in [-0.2, -0.15) is 0 Å². The highest BCUT2D eigenvalue weighted by atomic mass is 16.6. The Morgan fingerprint density at radius 3 is 1.65 bits per heavy atom. The molecule has 0 unspecified atom stereocenters. The minimum atomic E-state index is -0.556. The van der Waals surface area contributed by atoms with Crippen LogP contribution in [0, 0.1) is 11.8 Å². The van der Waals surface area contributed by atoms with Crippen molar-refractivity contribution in [2.45, 2.75) is 72.3 Å². The number of hydrogen-bond acceptors (Lipinski definition) is 8. The molecule has 1 fully saturated rings. The minimum Gasteiger partial charge on any atom is -0.459 e. The van der Waals surface area contributed by atoms with Crippen LogP contribution in [0.3, 0.4) is 0 Å². The molecule has 270 valence electrons. The van der Waals surface area contributed by atoms with Gasteiger partial charge in [-0.05, 0) is 76.4 Å². The second kappa shape index (κ2) is 16.7. The molecule has 2 heterocycles. The van der Waals surface area contributed by atoms with Gasteiger partial charge < -0.3 is 14.4 Å². The molecule has 0 bridgehead atoms. The Bertz CT molecular complexity index is 1700. The average Bonchev–Trinajstić information content (AvgIpc) is 3.12. The summed E-state index contributed by atoms with van der Waals surface area (Å²) in [7, 11) is 0. The first-order valence-corrected chi connectivity index (χ1v) is 17.9. The second-order valence-corrected chi connectivity index (χ2v) is 15.4. The summed E-state index contributed by atoms with van der Waals surface area (Å²) >= 11 is 0. The van der Waals surface area contributed by atoms with Crippen LogP contribution in [0.1, 0.15) is 69.4 Å². The van der Waals surface area contributed by atoms with Gasteiger partial charge >= 0.3 is 11.9 Å².